The van der Waals surface area contributed by atoms with Crippen molar-refractivity contribution in [2.75, 3.05) is 0 Å². The molecule has 49 heavy (non-hydrogen) atoms. The summed E-state index contributed by atoms with van der Waals surface area (Å²) < 4.78 is 0. The smallest absolute Gasteiger partial charge is 0.160 e. The van der Waals surface area contributed by atoms with Gasteiger partial charge in [0.25, 0.3) is 0 Å². The Bertz CT molecular complexity index is 2570. The Labute approximate surface area is 287 Å². The number of fused-ring (bicyclic) bond motifs is 8. The monoisotopic (exact) mass is 628 g/mol. The summed E-state index contributed by atoms with van der Waals surface area (Å²) in [6.07, 6.45) is 0. The zero-order valence-electron chi connectivity index (χ0n) is 27.8. The Morgan fingerprint density at radius 1 is 0.449 bits per heavy atom. The van der Waals surface area contributed by atoms with E-state index in [1.54, 1.807) is 0 Å². The number of amidine groups is 1. The zero-order chi connectivity index (χ0) is 33.3. The summed E-state index contributed by atoms with van der Waals surface area (Å²) in [6.45, 7) is 8.79. The van der Waals surface area contributed by atoms with Crippen molar-refractivity contribution < 1.29 is 0 Å². The van der Waals surface area contributed by atoms with E-state index in [4.69, 9.17) is 9.98 Å². The molecular weight excluding hydrogens is 593 g/mol. The van der Waals surface area contributed by atoms with Crippen LogP contribution < -0.4 is 0 Å². The lowest BCUT2D eigenvalue weighted by atomic mass is 9.86. The van der Waals surface area contributed by atoms with Gasteiger partial charge in [-0.3, -0.25) is 0 Å². The third kappa shape index (κ3) is 5.52. The lowest BCUT2D eigenvalue weighted by Crippen LogP contribution is -2.13. The summed E-state index contributed by atoms with van der Waals surface area (Å²) in [7, 11) is 0. The van der Waals surface area contributed by atoms with Gasteiger partial charge in [-0.15, -0.1) is 0 Å². The molecule has 0 aliphatic heterocycles. The number of hydrogen-bond acceptors (Lipinski definition) is 1. The summed E-state index contributed by atoms with van der Waals surface area (Å²) in [5.74, 6) is 0.815. The van der Waals surface area contributed by atoms with Crippen LogP contribution in [0.5, 0.6) is 0 Å². The number of hydrogen-bond donors (Lipinski definition) is 0. The van der Waals surface area contributed by atoms with Gasteiger partial charge >= 0.3 is 0 Å². The molecule has 0 bridgehead atoms. The minimum absolute atomic E-state index is 0.172. The second-order valence-electron chi connectivity index (χ2n) is 12.8. The fraction of sp³-hybridized carbons (Fsp3) is 0.0638. The van der Waals surface area contributed by atoms with Gasteiger partial charge in [-0.2, -0.15) is 0 Å². The molecule has 0 fully saturated rings. The molecule has 8 aromatic rings. The molecule has 0 saturated carbocycles. The van der Waals surface area contributed by atoms with Crippen LogP contribution in [-0.2, 0) is 0 Å². The zero-order valence-corrected chi connectivity index (χ0v) is 27.8. The van der Waals surface area contributed by atoms with Crippen molar-refractivity contribution in [1.29, 1.82) is 0 Å². The molecule has 0 aliphatic rings. The molecule has 8 aromatic carbocycles. The maximum absolute atomic E-state index is 5.41. The summed E-state index contributed by atoms with van der Waals surface area (Å²) in [6, 6.07) is 57.9. The SMILES string of the molecule is C=C(N=C(N=C(c1ccccc1)C(C)C)c1ccccc1-c1cc2c3ccccc3c3ccccc3c2c2ccccc12)c1ccccc1. The van der Waals surface area contributed by atoms with Crippen molar-refractivity contribution in [2.24, 2.45) is 15.9 Å². The van der Waals surface area contributed by atoms with Crippen LogP contribution in [0.25, 0.3) is 59.9 Å². The molecule has 0 amide bonds. The van der Waals surface area contributed by atoms with Gasteiger partial charge in [0, 0.05) is 5.56 Å². The summed E-state index contributed by atoms with van der Waals surface area (Å²) in [5, 5.41) is 9.99. The molecule has 0 saturated heterocycles. The highest BCUT2D eigenvalue weighted by atomic mass is 14.9. The van der Waals surface area contributed by atoms with Gasteiger partial charge < -0.3 is 0 Å². The Morgan fingerprint density at radius 2 is 0.918 bits per heavy atom. The molecule has 2 heteroatoms. The molecule has 0 atom stereocenters. The van der Waals surface area contributed by atoms with Crippen molar-refractivity contribution in [2.45, 2.75) is 13.8 Å². The largest absolute Gasteiger partial charge is 0.232 e. The number of benzene rings is 8. The first-order valence-corrected chi connectivity index (χ1v) is 16.9. The first-order chi connectivity index (χ1) is 24.1. The van der Waals surface area contributed by atoms with Crippen LogP contribution >= 0.6 is 0 Å². The van der Waals surface area contributed by atoms with E-state index in [1.807, 2.05) is 36.4 Å². The normalized spacial score (nSPS) is 12.4. The molecule has 0 aromatic heterocycles. The molecule has 2 nitrogen and oxygen atoms in total. The van der Waals surface area contributed by atoms with Crippen molar-refractivity contribution in [3.05, 3.63) is 187 Å². The summed E-state index contributed by atoms with van der Waals surface area (Å²) >= 11 is 0. The van der Waals surface area contributed by atoms with Crippen molar-refractivity contribution in [3.8, 4) is 11.1 Å². The fourth-order valence-electron chi connectivity index (χ4n) is 7.12. The van der Waals surface area contributed by atoms with E-state index in [9.17, 15) is 0 Å². The van der Waals surface area contributed by atoms with Crippen LogP contribution in [0.15, 0.2) is 180 Å². The fourth-order valence-corrected chi connectivity index (χ4v) is 7.12. The Kier molecular flexibility index (Phi) is 7.91. The van der Waals surface area contributed by atoms with Crippen LogP contribution in [-0.4, -0.2) is 11.5 Å². The molecular formula is C47H36N2. The highest BCUT2D eigenvalue weighted by molar-refractivity contribution is 6.33. The van der Waals surface area contributed by atoms with E-state index in [0.29, 0.717) is 11.5 Å². The van der Waals surface area contributed by atoms with Gasteiger partial charge in [0.2, 0.25) is 0 Å². The van der Waals surface area contributed by atoms with E-state index in [-0.39, 0.29) is 5.92 Å². The minimum atomic E-state index is 0.172. The van der Waals surface area contributed by atoms with Crippen LogP contribution in [0.4, 0.5) is 0 Å². The standard InChI is InChI=1S/C47H36N2/c1-31(2)46(34-20-8-5-9-21-34)49-47(48-32(3)33-18-6-4-7-19-33)42-29-17-14-26-39(42)43-30-44-37-24-11-10-22-35(37)36-23-12-15-27-40(36)45(44)41-28-16-13-25-38(41)43/h4-31H,3H2,1-2H3. The molecule has 0 unspecified atom stereocenters. The lowest BCUT2D eigenvalue weighted by molar-refractivity contribution is 0.886. The first kappa shape index (κ1) is 30.2. The van der Waals surface area contributed by atoms with E-state index in [2.05, 4.69) is 148 Å². The van der Waals surface area contributed by atoms with E-state index in [1.165, 1.54) is 43.1 Å². The van der Waals surface area contributed by atoms with E-state index >= 15 is 0 Å². The average Bonchev–Trinajstić information content (AvgIpc) is 3.16. The number of aliphatic imine (C=N–C) groups is 2. The second kappa shape index (κ2) is 12.8. The average molecular weight is 629 g/mol. The summed E-state index contributed by atoms with van der Waals surface area (Å²) in [4.78, 5) is 10.6. The molecule has 8 rings (SSSR count). The predicted octanol–water partition coefficient (Wildman–Crippen LogP) is 12.5. The van der Waals surface area contributed by atoms with E-state index in [0.717, 1.165) is 33.5 Å². The summed E-state index contributed by atoms with van der Waals surface area (Å²) in [5.41, 5.74) is 6.90. The Hall–Kier alpha value is -6.12. The van der Waals surface area contributed by atoms with Crippen LogP contribution in [0, 0.1) is 5.92 Å². The second-order valence-corrected chi connectivity index (χ2v) is 12.8. The molecule has 234 valence electrons. The van der Waals surface area contributed by atoms with Gasteiger partial charge in [-0.25, -0.2) is 9.98 Å². The van der Waals surface area contributed by atoms with Gasteiger partial charge in [0.1, 0.15) is 0 Å². The molecule has 0 heterocycles. The van der Waals surface area contributed by atoms with Crippen molar-refractivity contribution >= 4 is 60.3 Å². The van der Waals surface area contributed by atoms with Crippen molar-refractivity contribution in [3.63, 3.8) is 0 Å². The maximum atomic E-state index is 5.41. The van der Waals surface area contributed by atoms with Gasteiger partial charge in [-0.1, -0.05) is 178 Å². The Morgan fingerprint density at radius 3 is 1.55 bits per heavy atom. The van der Waals surface area contributed by atoms with Crippen molar-refractivity contribution in [1.82, 2.24) is 0 Å². The van der Waals surface area contributed by atoms with Crippen LogP contribution in [0.3, 0.4) is 0 Å². The predicted molar refractivity (Wildman–Crippen MR) is 212 cm³/mol. The number of nitrogens with zero attached hydrogens (tertiary/aromatic N) is 2. The topological polar surface area (TPSA) is 24.7 Å². The highest BCUT2D eigenvalue weighted by Crippen LogP contribution is 2.43. The quantitative estimate of drug-likeness (QED) is 0.0994. The third-order valence-corrected chi connectivity index (χ3v) is 9.40. The van der Waals surface area contributed by atoms with E-state index < -0.39 is 0 Å². The molecule has 0 aliphatic carbocycles. The van der Waals surface area contributed by atoms with Crippen LogP contribution in [0.2, 0.25) is 0 Å². The highest BCUT2D eigenvalue weighted by Gasteiger charge is 2.19. The minimum Gasteiger partial charge on any atom is -0.232 e. The third-order valence-electron chi connectivity index (χ3n) is 9.40. The van der Waals surface area contributed by atoms with Gasteiger partial charge in [0.15, 0.2) is 5.84 Å². The maximum Gasteiger partial charge on any atom is 0.160 e. The van der Waals surface area contributed by atoms with Gasteiger partial charge in [-0.05, 0) is 77.3 Å². The lowest BCUT2D eigenvalue weighted by Gasteiger charge is -2.18. The molecule has 0 N–H and O–H groups in total. The molecule has 0 radical (unpaired) electrons. The van der Waals surface area contributed by atoms with Gasteiger partial charge in [0.05, 0.1) is 11.4 Å². The molecule has 0 spiro atoms. The number of rotatable bonds is 6. The van der Waals surface area contributed by atoms with Crippen LogP contribution in [0.1, 0.15) is 30.5 Å². The Balaban J connectivity index is 1.45. The first-order valence-electron chi connectivity index (χ1n) is 16.9.